The molecule has 1 fully saturated rings. The molecule has 0 radical (unpaired) electrons. The highest BCUT2D eigenvalue weighted by Gasteiger charge is 2.36. The molecule has 17 heavy (non-hydrogen) atoms. The van der Waals surface area contributed by atoms with Gasteiger partial charge in [-0.3, -0.25) is 4.79 Å². The maximum Gasteiger partial charge on any atom is 0.311 e. The Bertz CT molecular complexity index is 429. The molecule has 1 aromatic rings. The van der Waals surface area contributed by atoms with E-state index in [0.29, 0.717) is 29.5 Å². The first-order valence-corrected chi connectivity index (χ1v) is 5.65. The van der Waals surface area contributed by atoms with Crippen LogP contribution in [-0.2, 0) is 9.53 Å². The second kappa shape index (κ2) is 4.94. The summed E-state index contributed by atoms with van der Waals surface area (Å²) < 4.78 is 10.2. The average molecular weight is 257 g/mol. The summed E-state index contributed by atoms with van der Waals surface area (Å²) >= 11 is 5.91. The Kier molecular flexibility index (Phi) is 3.54. The van der Waals surface area contributed by atoms with Crippen molar-refractivity contribution in [3.8, 4) is 5.75 Å². The summed E-state index contributed by atoms with van der Waals surface area (Å²) in [5.41, 5.74) is 0.612. The Hall–Kier alpha value is -1.26. The van der Waals surface area contributed by atoms with Crippen LogP contribution in [0.4, 0.5) is 0 Å². The van der Waals surface area contributed by atoms with Crippen molar-refractivity contribution in [3.63, 3.8) is 0 Å². The van der Waals surface area contributed by atoms with E-state index < -0.39 is 11.9 Å². The van der Waals surface area contributed by atoms with Gasteiger partial charge in [-0.15, -0.1) is 0 Å². The molecule has 1 aliphatic heterocycles. The number of ether oxygens (including phenoxy) is 2. The lowest BCUT2D eigenvalue weighted by Crippen LogP contribution is -2.37. The monoisotopic (exact) mass is 256 g/mol. The molecule has 4 nitrogen and oxygen atoms in total. The predicted octanol–water partition coefficient (Wildman–Crippen LogP) is 2.16. The zero-order valence-electron chi connectivity index (χ0n) is 9.35. The molecule has 1 atom stereocenters. The third-order valence-electron chi connectivity index (χ3n) is 2.93. The summed E-state index contributed by atoms with van der Waals surface area (Å²) in [6.45, 7) is 0.930. The highest BCUT2D eigenvalue weighted by Crippen LogP contribution is 2.37. The predicted molar refractivity (Wildman–Crippen MR) is 62.7 cm³/mol. The van der Waals surface area contributed by atoms with Crippen LogP contribution in [0, 0.1) is 5.92 Å². The number of carboxylic acids is 1. The van der Waals surface area contributed by atoms with Crippen molar-refractivity contribution < 1.29 is 19.4 Å². The van der Waals surface area contributed by atoms with Gasteiger partial charge in [-0.2, -0.15) is 0 Å². The molecule has 1 saturated heterocycles. The Morgan fingerprint density at radius 3 is 2.76 bits per heavy atom. The van der Waals surface area contributed by atoms with Gasteiger partial charge >= 0.3 is 5.97 Å². The Morgan fingerprint density at radius 1 is 1.59 bits per heavy atom. The van der Waals surface area contributed by atoms with Crippen molar-refractivity contribution in [2.75, 3.05) is 20.3 Å². The van der Waals surface area contributed by atoms with Crippen LogP contribution in [0.25, 0.3) is 0 Å². The number of methoxy groups -OCH3 is 1. The van der Waals surface area contributed by atoms with Gasteiger partial charge in [0.2, 0.25) is 0 Å². The van der Waals surface area contributed by atoms with Crippen molar-refractivity contribution in [1.29, 1.82) is 0 Å². The van der Waals surface area contributed by atoms with Gasteiger partial charge in [0.1, 0.15) is 5.75 Å². The average Bonchev–Trinajstić information content (AvgIpc) is 2.22. The van der Waals surface area contributed by atoms with E-state index in [2.05, 4.69) is 0 Å². The summed E-state index contributed by atoms with van der Waals surface area (Å²) in [7, 11) is 1.52. The number of aliphatic carboxylic acids is 1. The zero-order chi connectivity index (χ0) is 12.4. The van der Waals surface area contributed by atoms with Crippen LogP contribution >= 0.6 is 11.6 Å². The maximum absolute atomic E-state index is 11.4. The minimum atomic E-state index is -0.876. The van der Waals surface area contributed by atoms with Gasteiger partial charge in [-0.1, -0.05) is 11.6 Å². The minimum Gasteiger partial charge on any atom is -0.496 e. The first kappa shape index (κ1) is 12.2. The standard InChI is InChI=1S/C12H13ClO4/c1-16-10-3-2-8(13)4-9(10)11(12(14)15)7-5-17-6-7/h2-4,7,11H,5-6H2,1H3,(H,14,15). The first-order chi connectivity index (χ1) is 8.13. The highest BCUT2D eigenvalue weighted by atomic mass is 35.5. The van der Waals surface area contributed by atoms with Gasteiger partial charge in [0, 0.05) is 16.5 Å². The molecule has 1 unspecified atom stereocenters. The van der Waals surface area contributed by atoms with E-state index in [9.17, 15) is 9.90 Å². The van der Waals surface area contributed by atoms with Gasteiger partial charge < -0.3 is 14.6 Å². The summed E-state index contributed by atoms with van der Waals surface area (Å²) in [6, 6.07) is 5.02. The molecule has 5 heteroatoms. The zero-order valence-corrected chi connectivity index (χ0v) is 10.1. The number of hydrogen-bond donors (Lipinski definition) is 1. The molecule has 1 N–H and O–H groups in total. The normalized spacial score (nSPS) is 17.3. The van der Waals surface area contributed by atoms with E-state index in [1.807, 2.05) is 0 Å². The van der Waals surface area contributed by atoms with Crippen LogP contribution in [0.3, 0.4) is 0 Å². The van der Waals surface area contributed by atoms with E-state index >= 15 is 0 Å². The number of carbonyl (C=O) groups is 1. The summed E-state index contributed by atoms with van der Waals surface area (Å²) in [4.78, 5) is 11.4. The van der Waals surface area contributed by atoms with Gasteiger partial charge in [0.25, 0.3) is 0 Å². The Balaban J connectivity index is 2.40. The van der Waals surface area contributed by atoms with Crippen molar-refractivity contribution in [1.82, 2.24) is 0 Å². The van der Waals surface area contributed by atoms with Crippen LogP contribution < -0.4 is 4.74 Å². The number of benzene rings is 1. The summed E-state index contributed by atoms with van der Waals surface area (Å²) in [5, 5.41) is 9.83. The van der Waals surface area contributed by atoms with Crippen LogP contribution in [-0.4, -0.2) is 31.4 Å². The van der Waals surface area contributed by atoms with Gasteiger partial charge in [0.05, 0.1) is 26.2 Å². The Morgan fingerprint density at radius 2 is 2.29 bits per heavy atom. The number of halogens is 1. The minimum absolute atomic E-state index is 0.0140. The molecule has 0 bridgehead atoms. The summed E-state index contributed by atoms with van der Waals surface area (Å²) in [6.07, 6.45) is 0. The topological polar surface area (TPSA) is 55.8 Å². The van der Waals surface area contributed by atoms with Crippen molar-refractivity contribution >= 4 is 17.6 Å². The molecule has 92 valence electrons. The fourth-order valence-electron chi connectivity index (χ4n) is 1.98. The number of hydrogen-bond acceptors (Lipinski definition) is 3. The molecule has 0 amide bonds. The fraction of sp³-hybridized carbons (Fsp3) is 0.417. The first-order valence-electron chi connectivity index (χ1n) is 5.27. The van der Waals surface area contributed by atoms with Gasteiger partial charge in [-0.25, -0.2) is 0 Å². The van der Waals surface area contributed by atoms with E-state index in [0.717, 1.165) is 0 Å². The second-order valence-corrected chi connectivity index (χ2v) is 4.44. The maximum atomic E-state index is 11.4. The Labute approximate surface area is 104 Å². The molecule has 0 spiro atoms. The highest BCUT2D eigenvalue weighted by molar-refractivity contribution is 6.30. The molecule has 0 aliphatic carbocycles. The van der Waals surface area contributed by atoms with Crippen LogP contribution in [0.15, 0.2) is 18.2 Å². The molecule has 1 heterocycles. The number of carboxylic acid groups (broad SMARTS) is 1. The smallest absolute Gasteiger partial charge is 0.311 e. The van der Waals surface area contributed by atoms with Gasteiger partial charge in [-0.05, 0) is 18.2 Å². The van der Waals surface area contributed by atoms with E-state index in [-0.39, 0.29) is 5.92 Å². The number of rotatable bonds is 4. The largest absolute Gasteiger partial charge is 0.496 e. The van der Waals surface area contributed by atoms with E-state index in [4.69, 9.17) is 21.1 Å². The lowest BCUT2D eigenvalue weighted by molar-refractivity contribution is -0.146. The quantitative estimate of drug-likeness (QED) is 0.897. The van der Waals surface area contributed by atoms with Crippen molar-refractivity contribution in [3.05, 3.63) is 28.8 Å². The van der Waals surface area contributed by atoms with E-state index in [1.165, 1.54) is 7.11 Å². The van der Waals surface area contributed by atoms with E-state index in [1.54, 1.807) is 18.2 Å². The van der Waals surface area contributed by atoms with Crippen LogP contribution in [0.2, 0.25) is 5.02 Å². The third kappa shape index (κ3) is 2.37. The van der Waals surface area contributed by atoms with Crippen molar-refractivity contribution in [2.24, 2.45) is 5.92 Å². The molecule has 0 aromatic heterocycles. The molecule has 1 aliphatic rings. The lowest BCUT2D eigenvalue weighted by atomic mass is 9.84. The SMILES string of the molecule is COc1ccc(Cl)cc1C(C(=O)O)C1COC1. The van der Waals surface area contributed by atoms with Gasteiger partial charge in [0.15, 0.2) is 0 Å². The third-order valence-corrected chi connectivity index (χ3v) is 3.16. The molecule has 0 saturated carbocycles. The van der Waals surface area contributed by atoms with Crippen molar-refractivity contribution in [2.45, 2.75) is 5.92 Å². The molecule has 1 aromatic carbocycles. The second-order valence-electron chi connectivity index (χ2n) is 4.00. The van der Waals surface area contributed by atoms with Crippen LogP contribution in [0.5, 0.6) is 5.75 Å². The molecular formula is C12H13ClO4. The molecule has 2 rings (SSSR count). The lowest BCUT2D eigenvalue weighted by Gasteiger charge is -2.32. The molecular weight excluding hydrogens is 244 g/mol. The summed E-state index contributed by atoms with van der Waals surface area (Å²) in [5.74, 6) is -0.968. The fourth-order valence-corrected chi connectivity index (χ4v) is 2.16. The van der Waals surface area contributed by atoms with Crippen LogP contribution in [0.1, 0.15) is 11.5 Å².